The minimum Gasteiger partial charge on any atom is -0.325 e. The number of halogens is 1. The van der Waals surface area contributed by atoms with Crippen molar-refractivity contribution in [2.24, 2.45) is 4.99 Å². The van der Waals surface area contributed by atoms with Crippen molar-refractivity contribution < 1.29 is 17.6 Å². The normalized spacial score (nSPS) is 22.1. The lowest BCUT2D eigenvalue weighted by Crippen LogP contribution is -2.37. The standard InChI is InChI=1S/C20H20FN3O3S2/c1-13-6-8-14(9-7-13)22-19(25)10-24(17-5-3-2-4-15(17)21)20-23-16-11-29(26,27)12-18(16)28-20/h2-9,16,18H,10-12H2,1H3,(H,22,25)/t16-,18-/m0/s1. The summed E-state index contributed by atoms with van der Waals surface area (Å²) in [6, 6.07) is 13.2. The molecule has 0 bridgehead atoms. The molecule has 0 spiro atoms. The fourth-order valence-electron chi connectivity index (χ4n) is 3.38. The Labute approximate surface area is 173 Å². The molecular weight excluding hydrogens is 413 g/mol. The zero-order chi connectivity index (χ0) is 20.6. The van der Waals surface area contributed by atoms with E-state index in [-0.39, 0.29) is 40.9 Å². The van der Waals surface area contributed by atoms with Gasteiger partial charge in [-0.1, -0.05) is 41.6 Å². The number of aryl methyl sites for hydroxylation is 1. The molecule has 2 heterocycles. The number of carbonyl (C=O) groups is 1. The SMILES string of the molecule is Cc1ccc(NC(=O)CN(C2=N[C@H]3CS(=O)(=O)C[C@@H]3S2)c2ccccc2F)cc1. The number of thioether (sulfide) groups is 1. The second-order valence-electron chi connectivity index (χ2n) is 7.16. The van der Waals surface area contributed by atoms with E-state index in [2.05, 4.69) is 10.3 Å². The molecule has 0 aliphatic carbocycles. The van der Waals surface area contributed by atoms with Crippen LogP contribution in [0.25, 0.3) is 0 Å². The Morgan fingerprint density at radius 1 is 1.21 bits per heavy atom. The van der Waals surface area contributed by atoms with Gasteiger partial charge in [0.1, 0.15) is 12.4 Å². The largest absolute Gasteiger partial charge is 0.325 e. The van der Waals surface area contributed by atoms with Gasteiger partial charge in [0.15, 0.2) is 15.0 Å². The Morgan fingerprint density at radius 2 is 1.93 bits per heavy atom. The number of nitrogens with zero attached hydrogens (tertiary/aromatic N) is 2. The van der Waals surface area contributed by atoms with E-state index in [1.165, 1.54) is 22.7 Å². The summed E-state index contributed by atoms with van der Waals surface area (Å²) in [7, 11) is -3.09. The van der Waals surface area contributed by atoms with Crippen LogP contribution < -0.4 is 10.2 Å². The van der Waals surface area contributed by atoms with E-state index < -0.39 is 15.7 Å². The van der Waals surface area contributed by atoms with Crippen LogP contribution in [0.1, 0.15) is 5.56 Å². The summed E-state index contributed by atoms with van der Waals surface area (Å²) in [5.41, 5.74) is 1.97. The van der Waals surface area contributed by atoms with Crippen LogP contribution in [0.15, 0.2) is 53.5 Å². The predicted molar refractivity (Wildman–Crippen MR) is 115 cm³/mol. The number of benzene rings is 2. The number of anilines is 2. The van der Waals surface area contributed by atoms with Crippen LogP contribution in [0, 0.1) is 12.7 Å². The highest BCUT2D eigenvalue weighted by Gasteiger charge is 2.44. The van der Waals surface area contributed by atoms with Crippen LogP contribution in [0.5, 0.6) is 0 Å². The summed E-state index contributed by atoms with van der Waals surface area (Å²) in [4.78, 5) is 18.7. The van der Waals surface area contributed by atoms with Gasteiger partial charge in [0.25, 0.3) is 0 Å². The lowest BCUT2D eigenvalue weighted by Gasteiger charge is -2.24. The van der Waals surface area contributed by atoms with Crippen molar-refractivity contribution in [3.63, 3.8) is 0 Å². The van der Waals surface area contributed by atoms with Gasteiger partial charge in [0.2, 0.25) is 5.91 Å². The topological polar surface area (TPSA) is 78.8 Å². The van der Waals surface area contributed by atoms with Gasteiger partial charge in [-0.2, -0.15) is 0 Å². The summed E-state index contributed by atoms with van der Waals surface area (Å²) >= 11 is 1.30. The Bertz CT molecular complexity index is 1070. The molecule has 1 N–H and O–H groups in total. The maximum atomic E-state index is 14.5. The average molecular weight is 434 g/mol. The lowest BCUT2D eigenvalue weighted by atomic mass is 10.2. The molecular formula is C20H20FN3O3S2. The van der Waals surface area contributed by atoms with Crippen molar-refractivity contribution in [2.45, 2.75) is 18.2 Å². The molecule has 0 saturated carbocycles. The molecule has 0 radical (unpaired) electrons. The van der Waals surface area contributed by atoms with E-state index in [0.717, 1.165) is 5.56 Å². The summed E-state index contributed by atoms with van der Waals surface area (Å²) in [6.07, 6.45) is 0. The second kappa shape index (κ2) is 7.79. The summed E-state index contributed by atoms with van der Waals surface area (Å²) in [5, 5.41) is 3.09. The first kappa shape index (κ1) is 19.9. The van der Waals surface area contributed by atoms with E-state index in [0.29, 0.717) is 10.9 Å². The van der Waals surface area contributed by atoms with Gasteiger partial charge in [-0.25, -0.2) is 12.8 Å². The maximum Gasteiger partial charge on any atom is 0.244 e. The van der Waals surface area contributed by atoms with E-state index in [1.54, 1.807) is 30.3 Å². The van der Waals surface area contributed by atoms with E-state index in [9.17, 15) is 17.6 Å². The van der Waals surface area contributed by atoms with Gasteiger partial charge in [-0.15, -0.1) is 0 Å². The minimum absolute atomic E-state index is 0.00512. The summed E-state index contributed by atoms with van der Waals surface area (Å²) in [6.45, 7) is 1.82. The number of sulfone groups is 1. The predicted octanol–water partition coefficient (Wildman–Crippen LogP) is 2.85. The second-order valence-corrected chi connectivity index (χ2v) is 10.5. The third-order valence-corrected chi connectivity index (χ3v) is 8.06. The molecule has 0 aromatic heterocycles. The van der Waals surface area contributed by atoms with Gasteiger partial charge in [0.05, 0.1) is 23.2 Å². The van der Waals surface area contributed by atoms with E-state index in [4.69, 9.17) is 0 Å². The number of hydrogen-bond acceptors (Lipinski definition) is 6. The lowest BCUT2D eigenvalue weighted by molar-refractivity contribution is -0.114. The van der Waals surface area contributed by atoms with E-state index >= 15 is 0 Å². The molecule has 2 aliphatic rings. The number of hydrogen-bond donors (Lipinski definition) is 1. The summed E-state index contributed by atoms with van der Waals surface area (Å²) < 4.78 is 38.2. The van der Waals surface area contributed by atoms with Gasteiger partial charge in [-0.3, -0.25) is 9.79 Å². The molecule has 0 unspecified atom stereocenters. The molecule has 2 atom stereocenters. The van der Waals surface area contributed by atoms with Crippen molar-refractivity contribution in [3.8, 4) is 0 Å². The number of aliphatic imine (C=N–C) groups is 1. The Kier molecular flexibility index (Phi) is 5.35. The van der Waals surface area contributed by atoms with Crippen molar-refractivity contribution in [2.75, 3.05) is 28.3 Å². The number of amidine groups is 1. The Balaban J connectivity index is 1.57. The van der Waals surface area contributed by atoms with Gasteiger partial charge in [-0.05, 0) is 31.2 Å². The molecule has 1 saturated heterocycles. The fourth-order valence-corrected chi connectivity index (χ4v) is 7.15. The highest BCUT2D eigenvalue weighted by molar-refractivity contribution is 8.15. The third kappa shape index (κ3) is 4.45. The maximum absolute atomic E-state index is 14.5. The Morgan fingerprint density at radius 3 is 2.62 bits per heavy atom. The first-order chi connectivity index (χ1) is 13.8. The van der Waals surface area contributed by atoms with Gasteiger partial charge < -0.3 is 10.2 Å². The van der Waals surface area contributed by atoms with Crippen molar-refractivity contribution in [1.82, 2.24) is 0 Å². The van der Waals surface area contributed by atoms with Gasteiger partial charge in [0, 0.05) is 10.9 Å². The van der Waals surface area contributed by atoms with Crippen LogP contribution >= 0.6 is 11.8 Å². The van der Waals surface area contributed by atoms with E-state index in [1.807, 2.05) is 19.1 Å². The third-order valence-electron chi connectivity index (χ3n) is 4.82. The molecule has 1 fully saturated rings. The smallest absolute Gasteiger partial charge is 0.244 e. The molecule has 2 aliphatic heterocycles. The van der Waals surface area contributed by atoms with Crippen LogP contribution in [0.2, 0.25) is 0 Å². The van der Waals surface area contributed by atoms with Crippen molar-refractivity contribution in [3.05, 3.63) is 59.9 Å². The van der Waals surface area contributed by atoms with Crippen molar-refractivity contribution >= 4 is 44.0 Å². The fraction of sp³-hybridized carbons (Fsp3) is 0.300. The average Bonchev–Trinajstić information content (AvgIpc) is 3.16. The zero-order valence-corrected chi connectivity index (χ0v) is 17.3. The first-order valence-electron chi connectivity index (χ1n) is 9.14. The molecule has 29 heavy (non-hydrogen) atoms. The molecule has 2 aromatic carbocycles. The van der Waals surface area contributed by atoms with Crippen LogP contribution in [-0.2, 0) is 14.6 Å². The number of para-hydroxylation sites is 1. The number of nitrogens with one attached hydrogen (secondary N) is 1. The summed E-state index contributed by atoms with van der Waals surface area (Å²) in [5.74, 6) is -0.737. The monoisotopic (exact) mass is 433 g/mol. The molecule has 1 amide bonds. The molecule has 2 aromatic rings. The number of amides is 1. The van der Waals surface area contributed by atoms with Crippen molar-refractivity contribution in [1.29, 1.82) is 0 Å². The molecule has 9 heteroatoms. The van der Waals surface area contributed by atoms with Gasteiger partial charge >= 0.3 is 0 Å². The molecule has 4 rings (SSSR count). The van der Waals surface area contributed by atoms with Crippen LogP contribution in [0.4, 0.5) is 15.8 Å². The highest BCUT2D eigenvalue weighted by atomic mass is 32.2. The molecule has 152 valence electrons. The quantitative estimate of drug-likeness (QED) is 0.802. The number of fused-ring (bicyclic) bond motifs is 1. The first-order valence-corrected chi connectivity index (χ1v) is 11.8. The van der Waals surface area contributed by atoms with Crippen LogP contribution in [0.3, 0.4) is 0 Å². The zero-order valence-electron chi connectivity index (χ0n) is 15.7. The molecule has 6 nitrogen and oxygen atoms in total. The highest BCUT2D eigenvalue weighted by Crippen LogP contribution is 2.37. The number of rotatable bonds is 4. The Hall–Kier alpha value is -2.39. The van der Waals surface area contributed by atoms with Crippen LogP contribution in [-0.4, -0.2) is 48.8 Å². The minimum atomic E-state index is -3.09. The number of carbonyl (C=O) groups excluding carboxylic acids is 1.